The van der Waals surface area contributed by atoms with Gasteiger partial charge >= 0.3 is 0 Å². The quantitative estimate of drug-likeness (QED) is 0.594. The number of fused-ring (bicyclic) bond motifs is 1. The number of nitrogens with one attached hydrogen (secondary N) is 1. The number of carbonyl (C=O) groups is 2. The lowest BCUT2D eigenvalue weighted by Gasteiger charge is -2.35. The molecule has 0 unspecified atom stereocenters. The van der Waals surface area contributed by atoms with Crippen LogP contribution >= 0.6 is 15.9 Å². The first-order valence-electron chi connectivity index (χ1n) is 10.1. The highest BCUT2D eigenvalue weighted by Gasteiger charge is 2.20. The molecule has 1 fully saturated rings. The van der Waals surface area contributed by atoms with Crippen molar-refractivity contribution in [1.29, 1.82) is 0 Å². The van der Waals surface area contributed by atoms with Crippen molar-refractivity contribution >= 4 is 49.9 Å². The molecule has 0 bridgehead atoms. The van der Waals surface area contributed by atoms with Crippen LogP contribution in [0.3, 0.4) is 0 Å². The van der Waals surface area contributed by atoms with Gasteiger partial charge in [-0.05, 0) is 57.0 Å². The van der Waals surface area contributed by atoms with Gasteiger partial charge in [-0.3, -0.25) is 9.59 Å². The van der Waals surface area contributed by atoms with Crippen molar-refractivity contribution in [2.75, 3.05) is 43.5 Å². The number of nitrogens with zero attached hydrogens (tertiary/aromatic N) is 2. The lowest BCUT2D eigenvalue weighted by Crippen LogP contribution is -2.48. The molecule has 1 aliphatic heterocycles. The van der Waals surface area contributed by atoms with Crippen LogP contribution in [0, 0.1) is 0 Å². The van der Waals surface area contributed by atoms with Crippen LogP contribution in [-0.4, -0.2) is 50.0 Å². The maximum Gasteiger partial charge on any atom is 0.259 e. The maximum absolute atomic E-state index is 13.0. The molecular weight excluding hydrogens is 458 g/mol. The normalized spacial score (nSPS) is 13.9. The van der Waals surface area contributed by atoms with Gasteiger partial charge in [-0.15, -0.1) is 0 Å². The molecule has 6 nitrogen and oxygen atoms in total. The molecule has 0 atom stereocenters. The van der Waals surface area contributed by atoms with Gasteiger partial charge in [0.1, 0.15) is 5.75 Å². The summed E-state index contributed by atoms with van der Waals surface area (Å²) in [6, 6.07) is 17.5. The highest BCUT2D eigenvalue weighted by atomic mass is 79.9. The van der Waals surface area contributed by atoms with Crippen molar-refractivity contribution in [3.05, 3.63) is 64.6 Å². The summed E-state index contributed by atoms with van der Waals surface area (Å²) in [6.07, 6.45) is 0. The van der Waals surface area contributed by atoms with Gasteiger partial charge in [0.05, 0.1) is 17.1 Å². The summed E-state index contributed by atoms with van der Waals surface area (Å²) in [4.78, 5) is 28.6. The molecule has 2 amide bonds. The van der Waals surface area contributed by atoms with Crippen LogP contribution < -0.4 is 15.0 Å². The maximum atomic E-state index is 13.0. The summed E-state index contributed by atoms with van der Waals surface area (Å²) in [5.74, 6) is 0.399. The molecule has 1 aliphatic rings. The van der Waals surface area contributed by atoms with Crippen molar-refractivity contribution in [3.63, 3.8) is 0 Å². The molecule has 1 heterocycles. The third kappa shape index (κ3) is 4.37. The second-order valence-corrected chi connectivity index (χ2v) is 8.28. The molecule has 0 aliphatic carbocycles. The number of ether oxygens (including phenoxy) is 1. The number of benzene rings is 3. The zero-order chi connectivity index (χ0) is 22.0. The third-order valence-corrected chi connectivity index (χ3v) is 6.39. The molecule has 1 N–H and O–H groups in total. The van der Waals surface area contributed by atoms with E-state index in [1.165, 1.54) is 0 Å². The number of rotatable bonds is 4. The molecule has 4 rings (SSSR count). The highest BCUT2D eigenvalue weighted by Crippen LogP contribution is 2.37. The summed E-state index contributed by atoms with van der Waals surface area (Å²) in [6.45, 7) is 4.66. The van der Waals surface area contributed by atoms with Crippen LogP contribution in [0.1, 0.15) is 17.3 Å². The molecule has 0 aromatic heterocycles. The van der Waals surface area contributed by atoms with Gasteiger partial charge in [-0.2, -0.15) is 0 Å². The fourth-order valence-corrected chi connectivity index (χ4v) is 4.62. The van der Waals surface area contributed by atoms with E-state index in [0.29, 0.717) is 17.0 Å². The van der Waals surface area contributed by atoms with Gasteiger partial charge in [-0.25, -0.2) is 0 Å². The van der Waals surface area contributed by atoms with Gasteiger partial charge < -0.3 is 19.9 Å². The first kappa shape index (κ1) is 21.2. The minimum atomic E-state index is -0.230. The van der Waals surface area contributed by atoms with Crippen LogP contribution in [0.2, 0.25) is 0 Å². The Bertz CT molecular complexity index is 1120. The standard InChI is InChI=1S/C24H24BrN3O3/c1-16(29)27-11-13-28(14-12-27)19-9-7-18(8-10-19)26-24(30)21-15-17-5-3-4-6-20(17)22(25)23(21)31-2/h3-10,15H,11-14H2,1-2H3,(H,26,30). The average molecular weight is 482 g/mol. The average Bonchev–Trinajstić information content (AvgIpc) is 2.79. The van der Waals surface area contributed by atoms with E-state index in [2.05, 4.69) is 26.1 Å². The summed E-state index contributed by atoms with van der Waals surface area (Å²) in [5.41, 5.74) is 2.26. The Hall–Kier alpha value is -3.06. The predicted octanol–water partition coefficient (Wildman–Crippen LogP) is 4.53. The summed E-state index contributed by atoms with van der Waals surface area (Å²) in [7, 11) is 1.56. The molecule has 0 saturated carbocycles. The predicted molar refractivity (Wildman–Crippen MR) is 127 cm³/mol. The minimum Gasteiger partial charge on any atom is -0.495 e. The number of hydrogen-bond acceptors (Lipinski definition) is 4. The van der Waals surface area contributed by atoms with Gasteiger partial charge in [0, 0.05) is 44.5 Å². The Balaban J connectivity index is 1.50. The van der Waals surface area contributed by atoms with E-state index in [1.807, 2.05) is 59.5 Å². The summed E-state index contributed by atoms with van der Waals surface area (Å²) in [5, 5.41) is 4.92. The van der Waals surface area contributed by atoms with Crippen molar-refractivity contribution in [1.82, 2.24) is 4.90 Å². The first-order chi connectivity index (χ1) is 15.0. The van der Waals surface area contributed by atoms with Crippen LogP contribution in [0.4, 0.5) is 11.4 Å². The number of piperazine rings is 1. The molecule has 3 aromatic carbocycles. The smallest absolute Gasteiger partial charge is 0.259 e. The van der Waals surface area contributed by atoms with E-state index in [1.54, 1.807) is 14.0 Å². The van der Waals surface area contributed by atoms with Gasteiger partial charge in [0.15, 0.2) is 0 Å². The fraction of sp³-hybridized carbons (Fsp3) is 0.250. The SMILES string of the molecule is COc1c(C(=O)Nc2ccc(N3CCN(C(C)=O)CC3)cc2)cc2ccccc2c1Br. The lowest BCUT2D eigenvalue weighted by atomic mass is 10.0. The molecule has 0 spiro atoms. The number of amides is 2. The van der Waals surface area contributed by atoms with E-state index in [9.17, 15) is 9.59 Å². The lowest BCUT2D eigenvalue weighted by molar-refractivity contribution is -0.129. The monoisotopic (exact) mass is 481 g/mol. The number of hydrogen-bond donors (Lipinski definition) is 1. The number of anilines is 2. The molecule has 7 heteroatoms. The second-order valence-electron chi connectivity index (χ2n) is 7.49. The highest BCUT2D eigenvalue weighted by molar-refractivity contribution is 9.10. The molecule has 1 saturated heterocycles. The fourth-order valence-electron chi connectivity index (χ4n) is 3.89. The van der Waals surface area contributed by atoms with Crippen molar-refractivity contribution < 1.29 is 14.3 Å². The third-order valence-electron chi connectivity index (χ3n) is 5.61. The minimum absolute atomic E-state index is 0.119. The molecule has 0 radical (unpaired) electrons. The van der Waals surface area contributed by atoms with Crippen LogP contribution in [0.5, 0.6) is 5.75 Å². The molecular formula is C24H24BrN3O3. The van der Waals surface area contributed by atoms with Gasteiger partial charge in [-0.1, -0.05) is 24.3 Å². The van der Waals surface area contributed by atoms with E-state index in [4.69, 9.17) is 4.74 Å². The van der Waals surface area contributed by atoms with E-state index in [0.717, 1.165) is 47.1 Å². The Morgan fingerprint density at radius 3 is 2.32 bits per heavy atom. The zero-order valence-electron chi connectivity index (χ0n) is 17.5. The number of carbonyl (C=O) groups excluding carboxylic acids is 2. The Labute approximate surface area is 189 Å². The van der Waals surface area contributed by atoms with Gasteiger partial charge in [0.2, 0.25) is 5.91 Å². The van der Waals surface area contributed by atoms with E-state index >= 15 is 0 Å². The topological polar surface area (TPSA) is 61.9 Å². The Morgan fingerprint density at radius 2 is 1.68 bits per heavy atom. The van der Waals surface area contributed by atoms with Crippen molar-refractivity contribution in [3.8, 4) is 5.75 Å². The second kappa shape index (κ2) is 8.98. The summed E-state index contributed by atoms with van der Waals surface area (Å²) < 4.78 is 6.29. The van der Waals surface area contributed by atoms with E-state index in [-0.39, 0.29) is 11.8 Å². The van der Waals surface area contributed by atoms with Crippen LogP contribution in [0.25, 0.3) is 10.8 Å². The molecule has 31 heavy (non-hydrogen) atoms. The Kier molecular flexibility index (Phi) is 6.13. The van der Waals surface area contributed by atoms with Crippen molar-refractivity contribution in [2.24, 2.45) is 0 Å². The van der Waals surface area contributed by atoms with E-state index < -0.39 is 0 Å². The molecule has 160 valence electrons. The summed E-state index contributed by atoms with van der Waals surface area (Å²) >= 11 is 3.58. The number of methoxy groups -OCH3 is 1. The largest absolute Gasteiger partial charge is 0.495 e. The number of halogens is 1. The zero-order valence-corrected chi connectivity index (χ0v) is 19.1. The van der Waals surface area contributed by atoms with Gasteiger partial charge in [0.25, 0.3) is 5.91 Å². The Morgan fingerprint density at radius 1 is 1.00 bits per heavy atom. The van der Waals surface area contributed by atoms with Crippen LogP contribution in [0.15, 0.2) is 59.1 Å². The first-order valence-corrected chi connectivity index (χ1v) is 10.9. The molecule has 3 aromatic rings. The van der Waals surface area contributed by atoms with Crippen LogP contribution in [-0.2, 0) is 4.79 Å². The van der Waals surface area contributed by atoms with Crippen molar-refractivity contribution in [2.45, 2.75) is 6.92 Å².